The molecule has 4 aromatic heterocycles. The Bertz CT molecular complexity index is 5320. The Hall–Kier alpha value is -10.9. The molecule has 0 saturated heterocycles. The van der Waals surface area contributed by atoms with Crippen LogP contribution >= 0.6 is 0 Å². The van der Waals surface area contributed by atoms with Crippen molar-refractivity contribution in [2.24, 2.45) is 0 Å². The molecule has 0 N–H and O–H groups in total. The minimum absolute atomic E-state index is 0.867. The molecule has 0 fully saturated rings. The second-order valence-corrected chi connectivity index (χ2v) is 21.6. The van der Waals surface area contributed by atoms with Gasteiger partial charge in [-0.2, -0.15) is 0 Å². The summed E-state index contributed by atoms with van der Waals surface area (Å²) < 4.78 is 14.0. The summed E-state index contributed by atoms with van der Waals surface area (Å²) in [5, 5.41) is 9.51. The first-order valence-electron chi connectivity index (χ1n) is 28.1. The number of aromatic nitrogens is 3. The molecule has 0 saturated carbocycles. The van der Waals surface area contributed by atoms with E-state index in [9.17, 15) is 0 Å². The van der Waals surface area contributed by atoms with Crippen molar-refractivity contribution in [2.75, 3.05) is 0 Å². The predicted octanol–water partition coefficient (Wildman–Crippen LogP) is 21.2. The molecule has 0 unspecified atom stereocenters. The molecular formula is C78H49N3O. The Morgan fingerprint density at radius 1 is 0.195 bits per heavy atom. The molecule has 0 amide bonds. The van der Waals surface area contributed by atoms with E-state index in [-0.39, 0.29) is 0 Å². The summed E-state index contributed by atoms with van der Waals surface area (Å²) in [4.78, 5) is 0. The van der Waals surface area contributed by atoms with Crippen LogP contribution in [0, 0.1) is 0 Å². The minimum Gasteiger partial charge on any atom is -0.456 e. The first-order valence-corrected chi connectivity index (χ1v) is 28.1. The van der Waals surface area contributed by atoms with Gasteiger partial charge in [-0.25, -0.2) is 0 Å². The normalized spacial score (nSPS) is 11.9. The second-order valence-electron chi connectivity index (χ2n) is 21.6. The van der Waals surface area contributed by atoms with E-state index in [0.29, 0.717) is 0 Å². The van der Waals surface area contributed by atoms with Crippen LogP contribution in [0.25, 0.3) is 160 Å². The van der Waals surface area contributed by atoms with Crippen LogP contribution in [-0.2, 0) is 0 Å². The van der Waals surface area contributed by atoms with Gasteiger partial charge < -0.3 is 18.1 Å². The SMILES string of the molecule is c1ccc(-c2cc(-c3ccccc3)cc(-n3c4ccccc4c4cc(-c5cccc6oc7ccc(-c8ccc9c(c8)c8cc(-c%10ccc%11c%12ccccc%12n(-c%12ccccc%12)c%11c%10)ccc8n9-c8ccccc8)cc7c56)ccc43)c2)cc1. The van der Waals surface area contributed by atoms with Crippen molar-refractivity contribution in [3.63, 3.8) is 0 Å². The van der Waals surface area contributed by atoms with Gasteiger partial charge >= 0.3 is 0 Å². The minimum atomic E-state index is 0.867. The molecule has 0 aliphatic heterocycles. The Kier molecular flexibility index (Phi) is 10.3. The van der Waals surface area contributed by atoms with Gasteiger partial charge in [0.05, 0.1) is 33.1 Å². The second kappa shape index (κ2) is 18.3. The number of rotatable bonds is 8. The Morgan fingerprint density at radius 2 is 0.610 bits per heavy atom. The van der Waals surface area contributed by atoms with Crippen LogP contribution in [0.1, 0.15) is 0 Å². The highest BCUT2D eigenvalue weighted by atomic mass is 16.3. The number of para-hydroxylation sites is 4. The van der Waals surface area contributed by atoms with Crippen LogP contribution < -0.4 is 0 Å². The molecule has 0 aliphatic carbocycles. The Balaban J connectivity index is 0.803. The van der Waals surface area contributed by atoms with Crippen LogP contribution in [0.2, 0.25) is 0 Å². The zero-order chi connectivity index (χ0) is 53.8. The lowest BCUT2D eigenvalue weighted by Gasteiger charge is -2.14. The van der Waals surface area contributed by atoms with Crippen LogP contribution in [0.3, 0.4) is 0 Å². The van der Waals surface area contributed by atoms with Gasteiger partial charge in [0.1, 0.15) is 11.2 Å². The van der Waals surface area contributed by atoms with Crippen LogP contribution in [0.5, 0.6) is 0 Å². The largest absolute Gasteiger partial charge is 0.456 e. The molecule has 0 bridgehead atoms. The van der Waals surface area contributed by atoms with E-state index in [2.05, 4.69) is 311 Å². The van der Waals surface area contributed by atoms with E-state index in [4.69, 9.17) is 4.42 Å². The van der Waals surface area contributed by atoms with Crippen molar-refractivity contribution in [3.8, 4) is 72.7 Å². The summed E-state index contributed by atoms with van der Waals surface area (Å²) in [6, 6.07) is 109. The number of furan rings is 1. The van der Waals surface area contributed by atoms with Gasteiger partial charge in [0.25, 0.3) is 0 Å². The van der Waals surface area contributed by atoms with E-state index >= 15 is 0 Å². The van der Waals surface area contributed by atoms with E-state index < -0.39 is 0 Å². The predicted molar refractivity (Wildman–Crippen MR) is 344 cm³/mol. The van der Waals surface area contributed by atoms with Crippen molar-refractivity contribution < 1.29 is 4.42 Å². The number of benzene rings is 13. The van der Waals surface area contributed by atoms with Gasteiger partial charge in [0, 0.05) is 60.2 Å². The summed E-state index contributed by atoms with van der Waals surface area (Å²) in [5.74, 6) is 0. The van der Waals surface area contributed by atoms with Gasteiger partial charge in [-0.3, -0.25) is 0 Å². The van der Waals surface area contributed by atoms with Crippen LogP contribution in [0.15, 0.2) is 302 Å². The topological polar surface area (TPSA) is 27.9 Å². The van der Waals surface area contributed by atoms with Crippen molar-refractivity contribution >= 4 is 87.4 Å². The van der Waals surface area contributed by atoms with Crippen molar-refractivity contribution in [1.29, 1.82) is 0 Å². The molecule has 17 aromatic rings. The van der Waals surface area contributed by atoms with E-state index in [0.717, 1.165) is 72.3 Å². The fraction of sp³-hybridized carbons (Fsp3) is 0. The molecule has 382 valence electrons. The van der Waals surface area contributed by atoms with Gasteiger partial charge in [-0.05, 0) is 171 Å². The maximum absolute atomic E-state index is 6.72. The van der Waals surface area contributed by atoms with Crippen molar-refractivity contribution in [3.05, 3.63) is 297 Å². The fourth-order valence-corrected chi connectivity index (χ4v) is 13.2. The molecule has 4 heteroatoms. The molecule has 0 atom stereocenters. The highest BCUT2D eigenvalue weighted by Gasteiger charge is 2.21. The summed E-state index contributed by atoms with van der Waals surface area (Å²) in [5.41, 5.74) is 23.8. The standard InChI is InChI=1S/C78H49N3O/c1-5-18-50(19-6-1)57-42-58(51-20-7-2-8-21-51)44-61(43-57)81-71-30-16-14-27-64(71)66-48-56(35-40-72(66)81)62-28-17-31-77-78(62)69-47-54(36-41-76(69)82-77)52-33-38-73-67(45-52)68-46-53(34-39-74(68)79(73)59-22-9-3-10-23-59)55-32-37-65-63-26-13-15-29-70(63)80(75(65)49-55)60-24-11-4-12-25-60/h1-49H. The first-order chi connectivity index (χ1) is 40.6. The maximum atomic E-state index is 6.72. The fourth-order valence-electron chi connectivity index (χ4n) is 13.2. The van der Waals surface area contributed by atoms with E-state index in [1.54, 1.807) is 0 Å². The third-order valence-corrected chi connectivity index (χ3v) is 17.0. The lowest BCUT2D eigenvalue weighted by atomic mass is 9.96. The lowest BCUT2D eigenvalue weighted by molar-refractivity contribution is 0.669. The smallest absolute Gasteiger partial charge is 0.136 e. The van der Waals surface area contributed by atoms with Gasteiger partial charge in [0.15, 0.2) is 0 Å². The molecule has 0 aliphatic rings. The number of hydrogen-bond donors (Lipinski definition) is 0. The highest BCUT2D eigenvalue weighted by Crippen LogP contribution is 2.44. The summed E-state index contributed by atoms with van der Waals surface area (Å²) in [6.07, 6.45) is 0. The monoisotopic (exact) mass is 1040 g/mol. The van der Waals surface area contributed by atoms with Gasteiger partial charge in [0.2, 0.25) is 0 Å². The maximum Gasteiger partial charge on any atom is 0.136 e. The van der Waals surface area contributed by atoms with Gasteiger partial charge in [-0.15, -0.1) is 0 Å². The zero-order valence-electron chi connectivity index (χ0n) is 44.5. The van der Waals surface area contributed by atoms with Crippen LogP contribution in [0.4, 0.5) is 0 Å². The molecule has 0 radical (unpaired) electrons. The quantitative estimate of drug-likeness (QED) is 0.149. The molecule has 0 spiro atoms. The number of nitrogens with zero attached hydrogens (tertiary/aromatic N) is 3. The summed E-state index contributed by atoms with van der Waals surface area (Å²) in [7, 11) is 0. The van der Waals surface area contributed by atoms with Crippen LogP contribution in [-0.4, -0.2) is 13.7 Å². The van der Waals surface area contributed by atoms with Gasteiger partial charge in [-0.1, -0.05) is 182 Å². The van der Waals surface area contributed by atoms with Crippen molar-refractivity contribution in [2.45, 2.75) is 0 Å². The molecule has 4 nitrogen and oxygen atoms in total. The third-order valence-electron chi connectivity index (χ3n) is 17.0. The van der Waals surface area contributed by atoms with Crippen molar-refractivity contribution in [1.82, 2.24) is 13.7 Å². The lowest BCUT2D eigenvalue weighted by Crippen LogP contribution is -1.96. The average molecular weight is 1040 g/mol. The zero-order valence-corrected chi connectivity index (χ0v) is 44.5. The highest BCUT2D eigenvalue weighted by molar-refractivity contribution is 6.17. The van der Waals surface area contributed by atoms with E-state index in [1.165, 1.54) is 87.8 Å². The average Bonchev–Trinajstić information content (AvgIpc) is 4.40. The Morgan fingerprint density at radius 3 is 1.21 bits per heavy atom. The number of hydrogen-bond acceptors (Lipinski definition) is 1. The third kappa shape index (κ3) is 7.25. The molecule has 4 heterocycles. The summed E-state index contributed by atoms with van der Waals surface area (Å²) in [6.45, 7) is 0. The summed E-state index contributed by atoms with van der Waals surface area (Å²) >= 11 is 0. The molecular weight excluding hydrogens is 995 g/mol. The first kappa shape index (κ1) is 46.0. The van der Waals surface area contributed by atoms with E-state index in [1.807, 2.05) is 0 Å². The molecule has 17 rings (SSSR count). The Labute approximate surface area is 472 Å². The molecule has 82 heavy (non-hydrogen) atoms. The molecule has 13 aromatic carbocycles. The number of fused-ring (bicyclic) bond motifs is 12.